The van der Waals surface area contributed by atoms with Gasteiger partial charge < -0.3 is 4.74 Å². The number of ether oxygens (including phenoxy) is 1. The number of ketones is 1. The van der Waals surface area contributed by atoms with Crippen molar-refractivity contribution in [3.8, 4) is 0 Å². The van der Waals surface area contributed by atoms with Crippen LogP contribution in [0.15, 0.2) is 18.2 Å². The number of carbonyl (C=O) groups is 1. The Labute approximate surface area is 105 Å². The van der Waals surface area contributed by atoms with Crippen molar-refractivity contribution in [2.45, 2.75) is 37.7 Å². The smallest absolute Gasteiger partial charge is 0.200 e. The first-order chi connectivity index (χ1) is 8.60. The molecular weight excluding hydrogens is 238 g/mol. The Balaban J connectivity index is 2.40. The molecule has 0 radical (unpaired) electrons. The summed E-state index contributed by atoms with van der Waals surface area (Å²) in [5, 5.41) is 0. The first kappa shape index (κ1) is 13.1. The van der Waals surface area contributed by atoms with Gasteiger partial charge >= 0.3 is 0 Å². The third-order valence-corrected chi connectivity index (χ3v) is 3.66. The van der Waals surface area contributed by atoms with E-state index in [-0.39, 0.29) is 0 Å². The summed E-state index contributed by atoms with van der Waals surface area (Å²) in [6.07, 6.45) is 3.76. The van der Waals surface area contributed by atoms with E-state index in [4.69, 9.17) is 4.74 Å². The molecule has 0 unspecified atom stereocenters. The quantitative estimate of drug-likeness (QED) is 0.772. The third-order valence-electron chi connectivity index (χ3n) is 3.66. The van der Waals surface area contributed by atoms with Gasteiger partial charge in [0.25, 0.3) is 0 Å². The van der Waals surface area contributed by atoms with Crippen LogP contribution in [0.5, 0.6) is 0 Å². The SMILES string of the molecule is COC1(C(=O)c2c(F)cccc2F)CCCCC1. The largest absolute Gasteiger partial charge is 0.370 e. The summed E-state index contributed by atoms with van der Waals surface area (Å²) < 4.78 is 32.6. The fraction of sp³-hybridized carbons (Fsp3) is 0.500. The summed E-state index contributed by atoms with van der Waals surface area (Å²) >= 11 is 0. The molecule has 1 aromatic rings. The Kier molecular flexibility index (Phi) is 3.76. The van der Waals surface area contributed by atoms with E-state index in [1.54, 1.807) is 0 Å². The van der Waals surface area contributed by atoms with Crippen molar-refractivity contribution in [1.82, 2.24) is 0 Å². The van der Waals surface area contributed by atoms with E-state index in [2.05, 4.69) is 0 Å². The van der Waals surface area contributed by atoms with Gasteiger partial charge in [0, 0.05) is 7.11 Å². The lowest BCUT2D eigenvalue weighted by Gasteiger charge is -2.34. The Morgan fingerprint density at radius 1 is 1.17 bits per heavy atom. The number of methoxy groups -OCH3 is 1. The van der Waals surface area contributed by atoms with Crippen LogP contribution < -0.4 is 0 Å². The van der Waals surface area contributed by atoms with Crippen molar-refractivity contribution >= 4 is 5.78 Å². The van der Waals surface area contributed by atoms with Crippen molar-refractivity contribution in [2.75, 3.05) is 7.11 Å². The lowest BCUT2D eigenvalue weighted by atomic mass is 9.79. The molecule has 0 spiro atoms. The summed E-state index contributed by atoms with van der Waals surface area (Å²) in [4.78, 5) is 12.4. The van der Waals surface area contributed by atoms with Crippen LogP contribution in [0.1, 0.15) is 42.5 Å². The van der Waals surface area contributed by atoms with E-state index in [1.807, 2.05) is 0 Å². The van der Waals surface area contributed by atoms with Crippen LogP contribution in [0.4, 0.5) is 8.78 Å². The average molecular weight is 254 g/mol. The molecule has 18 heavy (non-hydrogen) atoms. The summed E-state index contributed by atoms with van der Waals surface area (Å²) in [5.74, 6) is -2.20. The molecule has 1 fully saturated rings. The summed E-state index contributed by atoms with van der Waals surface area (Å²) in [6, 6.07) is 3.45. The van der Waals surface area contributed by atoms with Crippen molar-refractivity contribution < 1.29 is 18.3 Å². The van der Waals surface area contributed by atoms with Gasteiger partial charge in [-0.3, -0.25) is 4.79 Å². The van der Waals surface area contributed by atoms with Crippen LogP contribution in [0.3, 0.4) is 0 Å². The predicted molar refractivity (Wildman–Crippen MR) is 63.5 cm³/mol. The van der Waals surface area contributed by atoms with E-state index >= 15 is 0 Å². The Hall–Kier alpha value is -1.29. The Morgan fingerprint density at radius 3 is 2.22 bits per heavy atom. The number of carbonyl (C=O) groups excluding carboxylic acids is 1. The van der Waals surface area contributed by atoms with E-state index in [1.165, 1.54) is 13.2 Å². The predicted octanol–water partition coefficient (Wildman–Crippen LogP) is 3.50. The fourth-order valence-corrected chi connectivity index (χ4v) is 2.59. The molecule has 0 amide bonds. The first-order valence-electron chi connectivity index (χ1n) is 6.15. The number of hydrogen-bond acceptors (Lipinski definition) is 2. The van der Waals surface area contributed by atoms with Crippen LogP contribution in [0.2, 0.25) is 0 Å². The van der Waals surface area contributed by atoms with Gasteiger partial charge in [-0.2, -0.15) is 0 Å². The highest BCUT2D eigenvalue weighted by molar-refractivity contribution is 6.03. The topological polar surface area (TPSA) is 26.3 Å². The highest BCUT2D eigenvalue weighted by atomic mass is 19.1. The normalized spacial score (nSPS) is 18.6. The number of Topliss-reactive ketones (excluding diaryl/α,β-unsaturated/α-hetero) is 1. The van der Waals surface area contributed by atoms with Gasteiger partial charge in [0.1, 0.15) is 17.2 Å². The molecule has 1 aliphatic carbocycles. The molecule has 0 aromatic heterocycles. The number of hydrogen-bond donors (Lipinski definition) is 0. The average Bonchev–Trinajstić information content (AvgIpc) is 2.39. The molecule has 1 saturated carbocycles. The number of rotatable bonds is 3. The van der Waals surface area contributed by atoms with Crippen molar-refractivity contribution in [3.05, 3.63) is 35.4 Å². The van der Waals surface area contributed by atoms with Crippen LogP contribution in [-0.2, 0) is 4.74 Å². The molecule has 0 N–H and O–H groups in total. The van der Waals surface area contributed by atoms with Gasteiger partial charge in [0.2, 0.25) is 5.78 Å². The van der Waals surface area contributed by atoms with Gasteiger partial charge in [-0.1, -0.05) is 25.3 Å². The second-order valence-electron chi connectivity index (χ2n) is 4.68. The van der Waals surface area contributed by atoms with Crippen molar-refractivity contribution in [2.24, 2.45) is 0 Å². The van der Waals surface area contributed by atoms with Crippen molar-refractivity contribution in [3.63, 3.8) is 0 Å². The molecule has 2 rings (SSSR count). The van der Waals surface area contributed by atoms with E-state index in [0.717, 1.165) is 31.4 Å². The van der Waals surface area contributed by atoms with E-state index in [0.29, 0.717) is 12.8 Å². The second kappa shape index (κ2) is 5.14. The number of halogens is 2. The molecule has 2 nitrogen and oxygen atoms in total. The summed E-state index contributed by atoms with van der Waals surface area (Å²) in [6.45, 7) is 0. The van der Waals surface area contributed by atoms with Gasteiger partial charge in [-0.15, -0.1) is 0 Å². The standard InChI is InChI=1S/C14H16F2O2/c1-18-14(8-3-2-4-9-14)13(17)12-10(15)6-5-7-11(12)16/h5-7H,2-4,8-9H2,1H3. The molecule has 4 heteroatoms. The highest BCUT2D eigenvalue weighted by Crippen LogP contribution is 2.35. The molecule has 1 aromatic carbocycles. The summed E-state index contributed by atoms with van der Waals surface area (Å²) in [5.41, 5.74) is -1.53. The maximum Gasteiger partial charge on any atom is 0.200 e. The molecule has 0 heterocycles. The third kappa shape index (κ3) is 2.17. The molecule has 1 aliphatic rings. The van der Waals surface area contributed by atoms with E-state index in [9.17, 15) is 13.6 Å². The van der Waals surface area contributed by atoms with Crippen LogP contribution in [0, 0.1) is 11.6 Å². The zero-order valence-corrected chi connectivity index (χ0v) is 10.3. The van der Waals surface area contributed by atoms with Gasteiger partial charge in [0.15, 0.2) is 0 Å². The monoisotopic (exact) mass is 254 g/mol. The van der Waals surface area contributed by atoms with Crippen LogP contribution >= 0.6 is 0 Å². The van der Waals surface area contributed by atoms with Gasteiger partial charge in [0.05, 0.1) is 5.56 Å². The maximum atomic E-state index is 13.6. The first-order valence-corrected chi connectivity index (χ1v) is 6.15. The molecule has 0 atom stereocenters. The lowest BCUT2D eigenvalue weighted by Crippen LogP contribution is -2.43. The molecule has 0 aliphatic heterocycles. The lowest BCUT2D eigenvalue weighted by molar-refractivity contribution is -0.0199. The molecule has 0 saturated heterocycles. The van der Waals surface area contributed by atoms with E-state index < -0.39 is 28.6 Å². The zero-order chi connectivity index (χ0) is 13.2. The maximum absolute atomic E-state index is 13.6. The Morgan fingerprint density at radius 2 is 1.72 bits per heavy atom. The number of benzene rings is 1. The van der Waals surface area contributed by atoms with Gasteiger partial charge in [-0.25, -0.2) is 8.78 Å². The molecule has 0 bridgehead atoms. The minimum atomic E-state index is -1.05. The second-order valence-corrected chi connectivity index (χ2v) is 4.68. The van der Waals surface area contributed by atoms with Crippen LogP contribution in [0.25, 0.3) is 0 Å². The fourth-order valence-electron chi connectivity index (χ4n) is 2.59. The highest BCUT2D eigenvalue weighted by Gasteiger charge is 2.42. The van der Waals surface area contributed by atoms with Gasteiger partial charge in [-0.05, 0) is 25.0 Å². The summed E-state index contributed by atoms with van der Waals surface area (Å²) in [7, 11) is 1.43. The minimum Gasteiger partial charge on any atom is -0.370 e. The Bertz CT molecular complexity index is 431. The minimum absolute atomic E-state index is 0.471. The molecule has 98 valence electrons. The zero-order valence-electron chi connectivity index (χ0n) is 10.3. The van der Waals surface area contributed by atoms with Crippen molar-refractivity contribution in [1.29, 1.82) is 0 Å². The van der Waals surface area contributed by atoms with Crippen LogP contribution in [-0.4, -0.2) is 18.5 Å². The molecular formula is C14H16F2O2.